The molecular formula is C9H10N4S. The van der Waals surface area contributed by atoms with Gasteiger partial charge in [-0.3, -0.25) is 20.2 Å². The maximum Gasteiger partial charge on any atom is 0.205 e. The second-order valence-electron chi connectivity index (χ2n) is 2.73. The van der Waals surface area contributed by atoms with Crippen molar-refractivity contribution in [2.75, 3.05) is 10.9 Å². The molecule has 4 nitrogen and oxygen atoms in total. The van der Waals surface area contributed by atoms with Crippen LogP contribution in [0.4, 0.5) is 0 Å². The Morgan fingerprint density at radius 3 is 1.50 bits per heavy atom. The van der Waals surface area contributed by atoms with Crippen LogP contribution in [0, 0.1) is 0 Å². The molecule has 0 aliphatic rings. The molecule has 0 fully saturated rings. The first-order valence-electron chi connectivity index (χ1n) is 4.18. The number of aromatic nitrogens is 2. The van der Waals surface area contributed by atoms with Crippen molar-refractivity contribution in [1.29, 1.82) is 0 Å². The normalized spacial score (nSPS) is 9.71. The third-order valence-corrected chi connectivity index (χ3v) is 1.85. The Bertz CT molecular complexity index is 352. The molecule has 5 heteroatoms. The fourth-order valence-electron chi connectivity index (χ4n) is 1.08. The van der Waals surface area contributed by atoms with E-state index >= 15 is 0 Å². The van der Waals surface area contributed by atoms with Crippen molar-refractivity contribution in [1.82, 2.24) is 9.35 Å². The van der Waals surface area contributed by atoms with E-state index in [1.165, 1.54) is 0 Å². The number of thiocarbonyl (C=S) groups is 1. The third-order valence-electron chi connectivity index (χ3n) is 1.67. The van der Waals surface area contributed by atoms with Crippen molar-refractivity contribution < 1.29 is 0 Å². The summed E-state index contributed by atoms with van der Waals surface area (Å²) < 4.78 is 3.55. The topological polar surface area (TPSA) is 33.9 Å². The van der Waals surface area contributed by atoms with E-state index in [4.69, 9.17) is 12.2 Å². The molecular weight excluding hydrogens is 196 g/mol. The van der Waals surface area contributed by atoms with Crippen molar-refractivity contribution in [2.24, 2.45) is 0 Å². The van der Waals surface area contributed by atoms with E-state index in [9.17, 15) is 0 Å². The second kappa shape index (κ2) is 3.97. The summed E-state index contributed by atoms with van der Waals surface area (Å²) in [6.07, 6.45) is 7.51. The quantitative estimate of drug-likeness (QED) is 0.728. The van der Waals surface area contributed by atoms with Crippen LogP contribution in [0.15, 0.2) is 49.1 Å². The fourth-order valence-corrected chi connectivity index (χ4v) is 1.29. The van der Waals surface area contributed by atoms with Crippen LogP contribution in [-0.4, -0.2) is 14.5 Å². The van der Waals surface area contributed by atoms with Crippen molar-refractivity contribution in [2.45, 2.75) is 0 Å². The molecule has 0 aliphatic heterocycles. The molecule has 0 saturated heterocycles. The average molecular weight is 206 g/mol. The maximum atomic E-state index is 5.09. The first-order chi connectivity index (χ1) is 6.84. The molecule has 2 N–H and O–H groups in total. The van der Waals surface area contributed by atoms with Gasteiger partial charge in [-0.25, -0.2) is 0 Å². The van der Waals surface area contributed by atoms with Crippen molar-refractivity contribution in [3.05, 3.63) is 49.1 Å². The van der Waals surface area contributed by atoms with Gasteiger partial charge in [-0.2, -0.15) is 0 Å². The van der Waals surface area contributed by atoms with Crippen LogP contribution >= 0.6 is 12.2 Å². The monoisotopic (exact) mass is 206 g/mol. The summed E-state index contributed by atoms with van der Waals surface area (Å²) in [4.78, 5) is 0. The molecule has 0 saturated carbocycles. The van der Waals surface area contributed by atoms with Crippen LogP contribution in [-0.2, 0) is 0 Å². The van der Waals surface area contributed by atoms with Gasteiger partial charge in [0.15, 0.2) is 0 Å². The summed E-state index contributed by atoms with van der Waals surface area (Å²) in [5.41, 5.74) is 5.95. The molecule has 0 aromatic carbocycles. The van der Waals surface area contributed by atoms with E-state index in [-0.39, 0.29) is 0 Å². The van der Waals surface area contributed by atoms with E-state index in [0.29, 0.717) is 5.11 Å². The highest BCUT2D eigenvalue weighted by molar-refractivity contribution is 7.80. The Morgan fingerprint density at radius 2 is 1.14 bits per heavy atom. The molecule has 0 spiro atoms. The van der Waals surface area contributed by atoms with Gasteiger partial charge in [0, 0.05) is 24.8 Å². The SMILES string of the molecule is S=C(Nn1cccc1)Nn1cccc1. The Kier molecular flexibility index (Phi) is 2.51. The van der Waals surface area contributed by atoms with E-state index < -0.39 is 0 Å². The van der Waals surface area contributed by atoms with Gasteiger partial charge in [0.25, 0.3) is 0 Å². The van der Waals surface area contributed by atoms with Crippen LogP contribution in [0.5, 0.6) is 0 Å². The van der Waals surface area contributed by atoms with Gasteiger partial charge in [-0.1, -0.05) is 0 Å². The predicted molar refractivity (Wildman–Crippen MR) is 60.2 cm³/mol. The molecule has 0 aliphatic carbocycles. The number of nitrogens with one attached hydrogen (secondary N) is 2. The van der Waals surface area contributed by atoms with Crippen LogP contribution < -0.4 is 10.9 Å². The summed E-state index contributed by atoms with van der Waals surface area (Å²) in [5.74, 6) is 0. The lowest BCUT2D eigenvalue weighted by Crippen LogP contribution is -2.31. The van der Waals surface area contributed by atoms with Gasteiger partial charge in [0.1, 0.15) is 0 Å². The van der Waals surface area contributed by atoms with Crippen molar-refractivity contribution in [3.63, 3.8) is 0 Å². The highest BCUT2D eigenvalue weighted by Crippen LogP contribution is 1.88. The van der Waals surface area contributed by atoms with Crippen LogP contribution in [0.25, 0.3) is 0 Å². The lowest BCUT2D eigenvalue weighted by Gasteiger charge is -2.11. The Morgan fingerprint density at radius 1 is 0.786 bits per heavy atom. The molecule has 14 heavy (non-hydrogen) atoms. The smallest absolute Gasteiger partial charge is 0.205 e. The van der Waals surface area contributed by atoms with E-state index in [1.807, 2.05) is 49.1 Å². The Hall–Kier alpha value is -1.75. The molecule has 0 bridgehead atoms. The third kappa shape index (κ3) is 2.14. The molecule has 0 atom stereocenters. The van der Waals surface area contributed by atoms with Gasteiger partial charge in [-0.05, 0) is 36.5 Å². The average Bonchev–Trinajstić information content (AvgIpc) is 2.76. The summed E-state index contributed by atoms with van der Waals surface area (Å²) in [6.45, 7) is 0. The largest absolute Gasteiger partial charge is 0.269 e. The predicted octanol–water partition coefficient (Wildman–Crippen LogP) is 1.36. The van der Waals surface area contributed by atoms with E-state index in [0.717, 1.165) is 0 Å². The molecule has 72 valence electrons. The Labute approximate surface area is 87.1 Å². The molecule has 0 amide bonds. The zero-order valence-corrected chi connectivity index (χ0v) is 8.24. The van der Waals surface area contributed by atoms with Crippen LogP contribution in [0.2, 0.25) is 0 Å². The van der Waals surface area contributed by atoms with E-state index in [2.05, 4.69) is 10.9 Å². The lowest BCUT2D eigenvalue weighted by molar-refractivity contribution is 0.950. The van der Waals surface area contributed by atoms with Gasteiger partial charge >= 0.3 is 0 Å². The zero-order chi connectivity index (χ0) is 9.80. The number of rotatable bonds is 2. The number of hydrogen-bond acceptors (Lipinski definition) is 1. The van der Waals surface area contributed by atoms with Gasteiger partial charge in [0.2, 0.25) is 5.11 Å². The highest BCUT2D eigenvalue weighted by Gasteiger charge is 1.94. The molecule has 0 radical (unpaired) electrons. The first kappa shape index (κ1) is 8.83. The molecule has 2 aromatic rings. The summed E-state index contributed by atoms with van der Waals surface area (Å²) in [5, 5.41) is 0.539. The van der Waals surface area contributed by atoms with Gasteiger partial charge in [-0.15, -0.1) is 0 Å². The van der Waals surface area contributed by atoms with Gasteiger partial charge < -0.3 is 0 Å². The molecule has 2 aromatic heterocycles. The summed E-state index contributed by atoms with van der Waals surface area (Å²) >= 11 is 5.09. The van der Waals surface area contributed by atoms with Crippen molar-refractivity contribution in [3.8, 4) is 0 Å². The molecule has 2 rings (SSSR count). The lowest BCUT2D eigenvalue weighted by atomic mass is 10.7. The molecule has 0 unspecified atom stereocenters. The van der Waals surface area contributed by atoms with Gasteiger partial charge in [0.05, 0.1) is 0 Å². The fraction of sp³-hybridized carbons (Fsp3) is 0. The zero-order valence-electron chi connectivity index (χ0n) is 7.42. The second-order valence-corrected chi connectivity index (χ2v) is 3.14. The van der Waals surface area contributed by atoms with E-state index in [1.54, 1.807) is 9.35 Å². The standard InChI is InChI=1S/C9H10N4S/c14-9(10-12-5-1-2-6-12)11-13-7-3-4-8-13/h1-8H,(H2,10,11,14). The van der Waals surface area contributed by atoms with Crippen LogP contribution in [0.3, 0.4) is 0 Å². The number of nitrogens with zero attached hydrogens (tertiary/aromatic N) is 2. The number of hydrogen-bond donors (Lipinski definition) is 2. The van der Waals surface area contributed by atoms with Crippen LogP contribution in [0.1, 0.15) is 0 Å². The minimum Gasteiger partial charge on any atom is -0.269 e. The minimum atomic E-state index is 0.539. The highest BCUT2D eigenvalue weighted by atomic mass is 32.1. The summed E-state index contributed by atoms with van der Waals surface area (Å²) in [7, 11) is 0. The molecule has 2 heterocycles. The first-order valence-corrected chi connectivity index (χ1v) is 4.59. The van der Waals surface area contributed by atoms with Crippen molar-refractivity contribution >= 4 is 17.3 Å². The minimum absolute atomic E-state index is 0.539. The summed E-state index contributed by atoms with van der Waals surface area (Å²) in [6, 6.07) is 7.69. The Balaban J connectivity index is 1.91. The maximum absolute atomic E-state index is 5.09.